The Hall–Kier alpha value is -2.10. The molecule has 152 valence electrons. The van der Waals surface area contributed by atoms with Crippen LogP contribution >= 0.6 is 0 Å². The molecule has 0 spiro atoms. The van der Waals surface area contributed by atoms with Crippen LogP contribution in [-0.4, -0.2) is 52.1 Å². The summed E-state index contributed by atoms with van der Waals surface area (Å²) in [6, 6.07) is 13.1. The van der Waals surface area contributed by atoms with Gasteiger partial charge in [-0.05, 0) is 36.4 Å². The predicted molar refractivity (Wildman–Crippen MR) is 97.7 cm³/mol. The number of alkyl halides is 3. The first-order valence-electron chi connectivity index (χ1n) is 8.95. The predicted octanol–water partition coefficient (Wildman–Crippen LogP) is 1.67. The Balaban J connectivity index is 1.52. The summed E-state index contributed by atoms with van der Waals surface area (Å²) in [5.41, 5.74) is -0.862. The average molecular weight is 415 g/mol. The van der Waals surface area contributed by atoms with Crippen LogP contribution in [0.15, 0.2) is 59.5 Å². The van der Waals surface area contributed by atoms with E-state index in [4.69, 9.17) is 4.74 Å². The molecular formula is C19H22F3N2O3S+. The summed E-state index contributed by atoms with van der Waals surface area (Å²) in [6.07, 6.45) is -4.49. The monoisotopic (exact) mass is 415 g/mol. The standard InChI is InChI=1S/C19H21F3N2O3S/c20-19(21,22)16-6-8-18(9-7-16)28(25,26)24-12-10-23(11-13-24)14-15-27-17-4-2-1-3-5-17/h1-9H,10-15H2/p+1. The van der Waals surface area contributed by atoms with Gasteiger partial charge < -0.3 is 9.64 Å². The number of rotatable bonds is 6. The van der Waals surface area contributed by atoms with E-state index >= 15 is 0 Å². The van der Waals surface area contributed by atoms with E-state index in [1.54, 1.807) is 0 Å². The number of piperazine rings is 1. The highest BCUT2D eigenvalue weighted by Gasteiger charge is 2.33. The summed E-state index contributed by atoms with van der Waals surface area (Å²) in [6.45, 7) is 3.18. The highest BCUT2D eigenvalue weighted by molar-refractivity contribution is 7.89. The summed E-state index contributed by atoms with van der Waals surface area (Å²) in [4.78, 5) is 1.12. The molecule has 2 aromatic carbocycles. The van der Waals surface area contributed by atoms with Crippen LogP contribution < -0.4 is 9.64 Å². The maximum atomic E-state index is 12.7. The van der Waals surface area contributed by atoms with E-state index in [9.17, 15) is 21.6 Å². The second-order valence-corrected chi connectivity index (χ2v) is 8.53. The van der Waals surface area contributed by atoms with Gasteiger partial charge in [-0.1, -0.05) is 18.2 Å². The third-order valence-electron chi connectivity index (χ3n) is 4.72. The summed E-state index contributed by atoms with van der Waals surface area (Å²) >= 11 is 0. The molecule has 0 amide bonds. The van der Waals surface area contributed by atoms with Crippen LogP contribution in [-0.2, 0) is 16.2 Å². The van der Waals surface area contributed by atoms with Gasteiger partial charge in [0, 0.05) is 0 Å². The molecule has 5 nitrogen and oxygen atoms in total. The van der Waals surface area contributed by atoms with Crippen molar-refractivity contribution in [3.63, 3.8) is 0 Å². The lowest BCUT2D eigenvalue weighted by Crippen LogP contribution is -3.15. The Bertz CT molecular complexity index is 864. The minimum Gasteiger partial charge on any atom is -0.488 e. The molecule has 0 bridgehead atoms. The topological polar surface area (TPSA) is 51.0 Å². The largest absolute Gasteiger partial charge is 0.488 e. The maximum Gasteiger partial charge on any atom is 0.416 e. The lowest BCUT2D eigenvalue weighted by molar-refractivity contribution is -0.903. The number of nitrogens with zero attached hydrogens (tertiary/aromatic N) is 1. The molecule has 1 aliphatic heterocycles. The van der Waals surface area contributed by atoms with Crippen LogP contribution in [0, 0.1) is 0 Å². The minimum absolute atomic E-state index is 0.114. The summed E-state index contributed by atoms with van der Waals surface area (Å²) in [5.74, 6) is 0.797. The van der Waals surface area contributed by atoms with Gasteiger partial charge in [0.2, 0.25) is 10.0 Å². The number of ether oxygens (including phenoxy) is 1. The van der Waals surface area contributed by atoms with Crippen LogP contribution in [0.25, 0.3) is 0 Å². The molecule has 1 heterocycles. The van der Waals surface area contributed by atoms with Crippen molar-refractivity contribution < 1.29 is 31.2 Å². The quantitative estimate of drug-likeness (QED) is 0.781. The van der Waals surface area contributed by atoms with Crippen molar-refractivity contribution in [2.24, 2.45) is 0 Å². The van der Waals surface area contributed by atoms with Crippen molar-refractivity contribution in [3.8, 4) is 5.75 Å². The van der Waals surface area contributed by atoms with Crippen LogP contribution in [0.5, 0.6) is 5.75 Å². The fourth-order valence-electron chi connectivity index (χ4n) is 3.09. The van der Waals surface area contributed by atoms with Gasteiger partial charge in [-0.2, -0.15) is 17.5 Å². The molecule has 1 saturated heterocycles. The maximum absolute atomic E-state index is 12.7. The van der Waals surface area contributed by atoms with Crippen LogP contribution in [0.1, 0.15) is 5.56 Å². The van der Waals surface area contributed by atoms with E-state index in [1.165, 1.54) is 9.21 Å². The molecule has 2 aromatic rings. The second kappa shape index (κ2) is 8.50. The Morgan fingerprint density at radius 1 is 0.964 bits per heavy atom. The number of sulfonamides is 1. The molecular weight excluding hydrogens is 393 g/mol. The van der Waals surface area contributed by atoms with Gasteiger partial charge in [-0.3, -0.25) is 0 Å². The number of quaternary nitrogens is 1. The molecule has 1 fully saturated rings. The van der Waals surface area contributed by atoms with Crippen LogP contribution in [0.2, 0.25) is 0 Å². The lowest BCUT2D eigenvalue weighted by atomic mass is 10.2. The highest BCUT2D eigenvalue weighted by Crippen LogP contribution is 2.30. The molecule has 1 aliphatic rings. The summed E-state index contributed by atoms with van der Waals surface area (Å²) in [5, 5.41) is 0. The van der Waals surface area contributed by atoms with Gasteiger partial charge in [-0.25, -0.2) is 8.42 Å². The van der Waals surface area contributed by atoms with E-state index in [1.807, 2.05) is 30.3 Å². The zero-order chi connectivity index (χ0) is 20.2. The summed E-state index contributed by atoms with van der Waals surface area (Å²) < 4.78 is 70.3. The number of nitrogens with one attached hydrogen (secondary N) is 1. The third-order valence-corrected chi connectivity index (χ3v) is 6.63. The minimum atomic E-state index is -4.49. The third kappa shape index (κ3) is 5.03. The zero-order valence-corrected chi connectivity index (χ0v) is 16.0. The van der Waals surface area contributed by atoms with Crippen molar-refractivity contribution in [1.82, 2.24) is 4.31 Å². The van der Waals surface area contributed by atoms with Gasteiger partial charge >= 0.3 is 6.18 Å². The Kier molecular flexibility index (Phi) is 6.26. The number of hydrogen-bond donors (Lipinski definition) is 1. The van der Waals surface area contributed by atoms with Crippen LogP contribution in [0.3, 0.4) is 0 Å². The van der Waals surface area contributed by atoms with Gasteiger partial charge in [0.05, 0.1) is 36.6 Å². The van der Waals surface area contributed by atoms with Crippen molar-refractivity contribution in [3.05, 3.63) is 60.2 Å². The first kappa shape index (κ1) is 20.6. The van der Waals surface area contributed by atoms with E-state index in [0.29, 0.717) is 32.8 Å². The first-order chi connectivity index (χ1) is 13.3. The second-order valence-electron chi connectivity index (χ2n) is 6.59. The Morgan fingerprint density at radius 2 is 1.57 bits per heavy atom. The van der Waals surface area contributed by atoms with E-state index in [-0.39, 0.29) is 4.90 Å². The van der Waals surface area contributed by atoms with Crippen molar-refractivity contribution >= 4 is 10.0 Å². The SMILES string of the molecule is O=S(=O)(c1ccc(C(F)(F)F)cc1)N1CC[NH+](CCOc2ccccc2)CC1. The van der Waals surface area contributed by atoms with E-state index in [2.05, 4.69) is 0 Å². The molecule has 1 N–H and O–H groups in total. The Labute approximate surface area is 162 Å². The molecule has 0 unspecified atom stereocenters. The first-order valence-corrected chi connectivity index (χ1v) is 10.4. The van der Waals surface area contributed by atoms with Crippen molar-refractivity contribution in [2.45, 2.75) is 11.1 Å². The number of benzene rings is 2. The van der Waals surface area contributed by atoms with Gasteiger partial charge in [-0.15, -0.1) is 0 Å². The smallest absolute Gasteiger partial charge is 0.416 e. The number of halogens is 3. The van der Waals surface area contributed by atoms with Gasteiger partial charge in [0.15, 0.2) is 0 Å². The lowest BCUT2D eigenvalue weighted by Gasteiger charge is -2.31. The number of hydrogen-bond acceptors (Lipinski definition) is 3. The molecule has 0 atom stereocenters. The Morgan fingerprint density at radius 3 is 2.14 bits per heavy atom. The van der Waals surface area contributed by atoms with Gasteiger partial charge in [0.25, 0.3) is 0 Å². The molecule has 9 heteroatoms. The van der Waals surface area contributed by atoms with Gasteiger partial charge in [0.1, 0.15) is 18.9 Å². The summed E-state index contributed by atoms with van der Waals surface area (Å²) in [7, 11) is -3.79. The average Bonchev–Trinajstić information content (AvgIpc) is 2.69. The highest BCUT2D eigenvalue weighted by atomic mass is 32.2. The van der Waals surface area contributed by atoms with Crippen molar-refractivity contribution in [2.75, 3.05) is 39.3 Å². The fraction of sp³-hybridized carbons (Fsp3) is 0.368. The van der Waals surface area contributed by atoms with Crippen LogP contribution in [0.4, 0.5) is 13.2 Å². The molecule has 28 heavy (non-hydrogen) atoms. The van der Waals surface area contributed by atoms with E-state index < -0.39 is 21.8 Å². The molecule has 0 aromatic heterocycles. The van der Waals surface area contributed by atoms with E-state index in [0.717, 1.165) is 36.6 Å². The normalized spacial score (nSPS) is 16.8. The molecule has 0 saturated carbocycles. The van der Waals surface area contributed by atoms with Crippen molar-refractivity contribution in [1.29, 1.82) is 0 Å². The molecule has 3 rings (SSSR count). The molecule has 0 radical (unpaired) electrons. The number of para-hydroxylation sites is 1. The molecule has 0 aliphatic carbocycles. The fourth-order valence-corrected chi connectivity index (χ4v) is 4.53. The zero-order valence-electron chi connectivity index (χ0n) is 15.2.